The first-order valence-corrected chi connectivity index (χ1v) is 7.71. The maximum atomic E-state index is 11.9. The second-order valence-electron chi connectivity index (χ2n) is 5.46. The molecule has 2 heterocycles. The zero-order chi connectivity index (χ0) is 14.5. The van der Waals surface area contributed by atoms with E-state index in [4.69, 9.17) is 9.15 Å². The van der Waals surface area contributed by atoms with Crippen LogP contribution in [0, 0.1) is 5.92 Å². The lowest BCUT2D eigenvalue weighted by molar-refractivity contribution is -0.0296. The maximum absolute atomic E-state index is 11.9. The summed E-state index contributed by atoms with van der Waals surface area (Å²) >= 11 is 3.18. The van der Waals surface area contributed by atoms with Gasteiger partial charge >= 0.3 is 0 Å². The number of ether oxygens (including phenoxy) is 1. The Morgan fingerprint density at radius 1 is 1.55 bits per heavy atom. The summed E-state index contributed by atoms with van der Waals surface area (Å²) in [5.41, 5.74) is 0. The highest BCUT2D eigenvalue weighted by atomic mass is 79.9. The summed E-state index contributed by atoms with van der Waals surface area (Å²) in [5, 5.41) is 2.85. The topological polar surface area (TPSA) is 54.7 Å². The molecule has 0 unspecified atom stereocenters. The van der Waals surface area contributed by atoms with Gasteiger partial charge < -0.3 is 14.5 Å². The number of amides is 1. The maximum Gasteiger partial charge on any atom is 0.287 e. The van der Waals surface area contributed by atoms with E-state index in [-0.39, 0.29) is 12.0 Å². The zero-order valence-electron chi connectivity index (χ0n) is 11.9. The molecule has 0 radical (unpaired) electrons. The molecule has 1 amide bonds. The largest absolute Gasteiger partial charge is 0.444 e. The molecule has 1 atom stereocenters. The third-order valence-electron chi connectivity index (χ3n) is 3.13. The monoisotopic (exact) mass is 344 g/mol. The van der Waals surface area contributed by atoms with Crippen LogP contribution < -0.4 is 5.32 Å². The summed E-state index contributed by atoms with van der Waals surface area (Å²) in [5.74, 6) is 0.746. The molecule has 20 heavy (non-hydrogen) atoms. The lowest BCUT2D eigenvalue weighted by Gasteiger charge is -2.33. The molecular weight excluding hydrogens is 324 g/mol. The van der Waals surface area contributed by atoms with Crippen LogP contribution in [0.5, 0.6) is 0 Å². The van der Waals surface area contributed by atoms with Crippen molar-refractivity contribution in [2.45, 2.75) is 20.0 Å². The average molecular weight is 345 g/mol. The second kappa shape index (κ2) is 7.24. The Bertz CT molecular complexity index is 447. The van der Waals surface area contributed by atoms with Gasteiger partial charge in [0, 0.05) is 26.2 Å². The van der Waals surface area contributed by atoms with E-state index >= 15 is 0 Å². The van der Waals surface area contributed by atoms with Crippen molar-refractivity contribution in [1.82, 2.24) is 10.2 Å². The summed E-state index contributed by atoms with van der Waals surface area (Å²) in [6, 6.07) is 3.35. The minimum Gasteiger partial charge on any atom is -0.444 e. The Balaban J connectivity index is 1.77. The van der Waals surface area contributed by atoms with E-state index in [1.807, 2.05) is 0 Å². The van der Waals surface area contributed by atoms with Gasteiger partial charge in [-0.25, -0.2) is 0 Å². The normalized spacial score (nSPS) is 20.3. The Morgan fingerprint density at radius 2 is 2.35 bits per heavy atom. The molecule has 1 fully saturated rings. The van der Waals surface area contributed by atoms with Gasteiger partial charge in [-0.2, -0.15) is 0 Å². The smallest absolute Gasteiger partial charge is 0.287 e. The molecule has 1 aromatic rings. The van der Waals surface area contributed by atoms with Gasteiger partial charge in [-0.15, -0.1) is 0 Å². The molecular formula is C14H21BrN2O3. The molecule has 2 rings (SSSR count). The van der Waals surface area contributed by atoms with Crippen molar-refractivity contribution in [2.75, 3.05) is 32.8 Å². The fraction of sp³-hybridized carbons (Fsp3) is 0.643. The molecule has 1 aliphatic heterocycles. The third kappa shape index (κ3) is 4.61. The molecule has 1 aromatic heterocycles. The van der Waals surface area contributed by atoms with Gasteiger partial charge in [0.15, 0.2) is 10.4 Å². The van der Waals surface area contributed by atoms with Crippen LogP contribution in [0.4, 0.5) is 0 Å². The molecule has 0 spiro atoms. The Kier molecular flexibility index (Phi) is 5.63. The SMILES string of the molecule is CC(C)CN1CCO[C@@H](CNC(=O)c2ccc(Br)o2)C1. The molecule has 0 aliphatic carbocycles. The van der Waals surface area contributed by atoms with Crippen molar-refractivity contribution in [2.24, 2.45) is 5.92 Å². The van der Waals surface area contributed by atoms with Crippen molar-refractivity contribution in [1.29, 1.82) is 0 Å². The van der Waals surface area contributed by atoms with Crippen molar-refractivity contribution in [3.63, 3.8) is 0 Å². The highest BCUT2D eigenvalue weighted by Gasteiger charge is 2.22. The van der Waals surface area contributed by atoms with Crippen LogP contribution in [0.1, 0.15) is 24.4 Å². The number of nitrogens with zero attached hydrogens (tertiary/aromatic N) is 1. The number of hydrogen-bond donors (Lipinski definition) is 1. The highest BCUT2D eigenvalue weighted by Crippen LogP contribution is 2.14. The number of morpholine rings is 1. The van der Waals surface area contributed by atoms with E-state index in [1.54, 1.807) is 12.1 Å². The molecule has 112 valence electrons. The van der Waals surface area contributed by atoms with Gasteiger partial charge in [0.1, 0.15) is 0 Å². The number of halogens is 1. The van der Waals surface area contributed by atoms with E-state index in [9.17, 15) is 4.79 Å². The summed E-state index contributed by atoms with van der Waals surface area (Å²) in [6.07, 6.45) is 0.0462. The first-order chi connectivity index (χ1) is 9.54. The number of rotatable bonds is 5. The molecule has 0 aromatic carbocycles. The predicted octanol–water partition coefficient (Wildman–Crippen LogP) is 2.13. The van der Waals surface area contributed by atoms with E-state index in [0.29, 0.717) is 22.9 Å². The summed E-state index contributed by atoms with van der Waals surface area (Å²) < 4.78 is 11.5. The number of furan rings is 1. The number of carbonyl (C=O) groups excluding carboxylic acids is 1. The minimum atomic E-state index is -0.208. The summed E-state index contributed by atoms with van der Waals surface area (Å²) in [4.78, 5) is 14.2. The van der Waals surface area contributed by atoms with Crippen LogP contribution in [0.25, 0.3) is 0 Å². The van der Waals surface area contributed by atoms with E-state index in [0.717, 1.165) is 26.2 Å². The van der Waals surface area contributed by atoms with Gasteiger partial charge in [-0.05, 0) is 34.0 Å². The average Bonchev–Trinajstić information content (AvgIpc) is 2.82. The summed E-state index contributed by atoms with van der Waals surface area (Å²) in [6.45, 7) is 8.54. The fourth-order valence-electron chi connectivity index (χ4n) is 2.32. The van der Waals surface area contributed by atoms with Gasteiger partial charge in [0.05, 0.1) is 12.7 Å². The van der Waals surface area contributed by atoms with E-state index in [2.05, 4.69) is 40.0 Å². The minimum absolute atomic E-state index is 0.0462. The lowest BCUT2D eigenvalue weighted by atomic mass is 10.2. The van der Waals surface area contributed by atoms with Gasteiger partial charge in [0.25, 0.3) is 5.91 Å². The second-order valence-corrected chi connectivity index (χ2v) is 6.24. The van der Waals surface area contributed by atoms with Crippen molar-refractivity contribution < 1.29 is 13.9 Å². The molecule has 6 heteroatoms. The van der Waals surface area contributed by atoms with Crippen LogP contribution in [0.3, 0.4) is 0 Å². The lowest BCUT2D eigenvalue weighted by Crippen LogP contribution is -2.48. The van der Waals surface area contributed by atoms with Crippen molar-refractivity contribution in [3.8, 4) is 0 Å². The Labute approximate surface area is 127 Å². The fourth-order valence-corrected chi connectivity index (χ4v) is 2.62. The first kappa shape index (κ1) is 15.5. The van der Waals surface area contributed by atoms with Crippen LogP contribution >= 0.6 is 15.9 Å². The molecule has 1 saturated heterocycles. The quantitative estimate of drug-likeness (QED) is 0.888. The van der Waals surface area contributed by atoms with Crippen LogP contribution in [0.2, 0.25) is 0 Å². The van der Waals surface area contributed by atoms with Crippen molar-refractivity contribution in [3.05, 3.63) is 22.6 Å². The van der Waals surface area contributed by atoms with Crippen LogP contribution in [-0.4, -0.2) is 49.7 Å². The van der Waals surface area contributed by atoms with Crippen LogP contribution in [0.15, 0.2) is 21.2 Å². The van der Waals surface area contributed by atoms with Gasteiger partial charge in [-0.3, -0.25) is 9.69 Å². The summed E-state index contributed by atoms with van der Waals surface area (Å²) in [7, 11) is 0. The number of carbonyl (C=O) groups is 1. The molecule has 1 N–H and O–H groups in total. The zero-order valence-corrected chi connectivity index (χ0v) is 13.5. The van der Waals surface area contributed by atoms with E-state index in [1.165, 1.54) is 0 Å². The molecule has 0 saturated carbocycles. The number of nitrogens with one attached hydrogen (secondary N) is 1. The number of hydrogen-bond acceptors (Lipinski definition) is 4. The van der Waals surface area contributed by atoms with Crippen LogP contribution in [-0.2, 0) is 4.74 Å². The molecule has 5 nitrogen and oxygen atoms in total. The Hall–Kier alpha value is -0.850. The van der Waals surface area contributed by atoms with Crippen molar-refractivity contribution >= 4 is 21.8 Å². The van der Waals surface area contributed by atoms with Gasteiger partial charge in [0.2, 0.25) is 0 Å². The van der Waals surface area contributed by atoms with Gasteiger partial charge in [-0.1, -0.05) is 13.8 Å². The highest BCUT2D eigenvalue weighted by molar-refractivity contribution is 9.10. The third-order valence-corrected chi connectivity index (χ3v) is 3.56. The van der Waals surface area contributed by atoms with E-state index < -0.39 is 0 Å². The predicted molar refractivity (Wildman–Crippen MR) is 79.8 cm³/mol. The standard InChI is InChI=1S/C14H21BrN2O3/c1-10(2)8-17-5-6-19-11(9-17)7-16-14(18)12-3-4-13(15)20-12/h3-4,10-11H,5-9H2,1-2H3,(H,16,18)/t11-/m0/s1. The Morgan fingerprint density at radius 3 is 3.00 bits per heavy atom. The molecule has 1 aliphatic rings. The molecule has 0 bridgehead atoms. The first-order valence-electron chi connectivity index (χ1n) is 6.92.